The van der Waals surface area contributed by atoms with Gasteiger partial charge in [0.2, 0.25) is 0 Å². The number of nitrogens with zero attached hydrogens (tertiary/aromatic N) is 4. The predicted octanol–water partition coefficient (Wildman–Crippen LogP) is 3.28. The number of aromatic nitrogens is 3. The van der Waals surface area contributed by atoms with Gasteiger partial charge in [0.05, 0.1) is 18.8 Å². The summed E-state index contributed by atoms with van der Waals surface area (Å²) in [4.78, 5) is 28.0. The fourth-order valence-electron chi connectivity index (χ4n) is 4.31. The number of fused-ring (bicyclic) bond motifs is 2. The van der Waals surface area contributed by atoms with E-state index in [-0.39, 0.29) is 17.9 Å². The third-order valence-electron chi connectivity index (χ3n) is 6.04. The molecule has 0 atom stereocenters. The van der Waals surface area contributed by atoms with Gasteiger partial charge < -0.3 is 14.0 Å². The van der Waals surface area contributed by atoms with E-state index in [0.29, 0.717) is 37.3 Å². The Morgan fingerprint density at radius 2 is 1.82 bits per heavy atom. The van der Waals surface area contributed by atoms with E-state index in [1.807, 2.05) is 36.4 Å². The zero-order valence-corrected chi connectivity index (χ0v) is 19.6. The van der Waals surface area contributed by atoms with Crippen LogP contribution in [0, 0.1) is 0 Å². The van der Waals surface area contributed by atoms with Gasteiger partial charge in [-0.25, -0.2) is 4.79 Å². The highest BCUT2D eigenvalue weighted by Gasteiger charge is 2.26. The van der Waals surface area contributed by atoms with Gasteiger partial charge in [0.1, 0.15) is 29.0 Å². The number of carbonyl (C=O) groups excluding carboxylic acids is 1. The molecule has 2 aromatic carbocycles. The van der Waals surface area contributed by atoms with Gasteiger partial charge >= 0.3 is 5.97 Å². The maximum atomic E-state index is 13.0. The summed E-state index contributed by atoms with van der Waals surface area (Å²) in [6.07, 6.45) is 0.530. The Morgan fingerprint density at radius 1 is 1.00 bits per heavy atom. The summed E-state index contributed by atoms with van der Waals surface area (Å²) in [5, 5.41) is 0. The maximum Gasteiger partial charge on any atom is 0.343 e. The summed E-state index contributed by atoms with van der Waals surface area (Å²) in [7, 11) is 1.35. The zero-order chi connectivity index (χ0) is 23.5. The minimum atomic E-state index is -0.498. The number of ether oxygens (including phenoxy) is 2. The molecule has 1 aliphatic rings. The summed E-state index contributed by atoms with van der Waals surface area (Å²) in [6.45, 7) is 2.84. The normalized spacial score (nSPS) is 13.9. The molecule has 34 heavy (non-hydrogen) atoms. The van der Waals surface area contributed by atoms with Crippen molar-refractivity contribution in [3.63, 3.8) is 0 Å². The molecule has 3 heterocycles. The highest BCUT2D eigenvalue weighted by molar-refractivity contribution is 7.00. The molecule has 0 radical (unpaired) electrons. The van der Waals surface area contributed by atoms with Crippen molar-refractivity contribution in [2.24, 2.45) is 0 Å². The third-order valence-corrected chi connectivity index (χ3v) is 6.59. The van der Waals surface area contributed by atoms with E-state index in [0.717, 1.165) is 28.7 Å². The Kier molecular flexibility index (Phi) is 6.37. The van der Waals surface area contributed by atoms with Crippen LogP contribution in [0.1, 0.15) is 27.2 Å². The number of rotatable bonds is 6. The summed E-state index contributed by atoms with van der Waals surface area (Å²) < 4.78 is 21.3. The second-order valence-corrected chi connectivity index (χ2v) is 8.73. The van der Waals surface area contributed by atoms with Crippen LogP contribution < -0.4 is 10.3 Å². The van der Waals surface area contributed by atoms with Gasteiger partial charge in [-0.2, -0.15) is 8.75 Å². The Labute approximate surface area is 200 Å². The molecule has 2 aromatic heterocycles. The van der Waals surface area contributed by atoms with Gasteiger partial charge in [-0.05, 0) is 23.3 Å². The van der Waals surface area contributed by atoms with Crippen LogP contribution in [0.4, 0.5) is 0 Å². The Morgan fingerprint density at radius 3 is 2.65 bits per heavy atom. The molecule has 0 saturated heterocycles. The molecule has 0 amide bonds. The van der Waals surface area contributed by atoms with E-state index in [2.05, 4.69) is 25.8 Å². The molecule has 0 fully saturated rings. The van der Waals surface area contributed by atoms with Crippen molar-refractivity contribution in [2.45, 2.75) is 26.1 Å². The van der Waals surface area contributed by atoms with Crippen LogP contribution in [-0.4, -0.2) is 44.4 Å². The number of esters is 1. The van der Waals surface area contributed by atoms with Gasteiger partial charge in [-0.3, -0.25) is 9.69 Å². The highest BCUT2D eigenvalue weighted by atomic mass is 32.1. The zero-order valence-electron chi connectivity index (χ0n) is 18.8. The number of methoxy groups -OCH3 is 1. The fourth-order valence-corrected chi connectivity index (χ4v) is 4.82. The molecule has 174 valence electrons. The number of hydrogen-bond acceptors (Lipinski definition) is 8. The van der Waals surface area contributed by atoms with Gasteiger partial charge in [-0.1, -0.05) is 36.4 Å². The largest absolute Gasteiger partial charge is 0.488 e. The monoisotopic (exact) mass is 476 g/mol. The molecule has 4 aromatic rings. The summed E-state index contributed by atoms with van der Waals surface area (Å²) >= 11 is 1.21. The molecule has 8 nitrogen and oxygen atoms in total. The molecule has 0 saturated carbocycles. The van der Waals surface area contributed by atoms with E-state index < -0.39 is 5.97 Å². The van der Waals surface area contributed by atoms with Crippen LogP contribution in [0.2, 0.25) is 0 Å². The predicted molar refractivity (Wildman–Crippen MR) is 129 cm³/mol. The van der Waals surface area contributed by atoms with Crippen LogP contribution >= 0.6 is 11.7 Å². The van der Waals surface area contributed by atoms with Crippen molar-refractivity contribution in [3.05, 3.63) is 87.3 Å². The first kappa shape index (κ1) is 22.2. The molecule has 0 unspecified atom stereocenters. The van der Waals surface area contributed by atoms with Crippen LogP contribution in [0.3, 0.4) is 0 Å². The van der Waals surface area contributed by atoms with Crippen LogP contribution in [-0.2, 0) is 30.9 Å². The summed E-state index contributed by atoms with van der Waals surface area (Å²) in [5.41, 5.74) is 4.69. The second kappa shape index (κ2) is 9.74. The topological polar surface area (TPSA) is 86.5 Å². The van der Waals surface area contributed by atoms with Crippen molar-refractivity contribution >= 4 is 28.7 Å². The molecular weight excluding hydrogens is 452 g/mol. The van der Waals surface area contributed by atoms with Gasteiger partial charge in [0, 0.05) is 44.4 Å². The number of pyridine rings is 1. The lowest BCUT2D eigenvalue weighted by atomic mass is 10.1. The first-order valence-electron chi connectivity index (χ1n) is 11.1. The Balaban J connectivity index is 1.40. The first-order chi connectivity index (χ1) is 16.6. The minimum Gasteiger partial charge on any atom is -0.488 e. The van der Waals surface area contributed by atoms with Crippen molar-refractivity contribution in [1.29, 1.82) is 0 Å². The van der Waals surface area contributed by atoms with Gasteiger partial charge in [0.25, 0.3) is 5.56 Å². The van der Waals surface area contributed by atoms with Crippen LogP contribution in [0.25, 0.3) is 11.0 Å². The maximum absolute atomic E-state index is 13.0. The van der Waals surface area contributed by atoms with Crippen molar-refractivity contribution in [1.82, 2.24) is 18.2 Å². The van der Waals surface area contributed by atoms with E-state index in [1.165, 1.54) is 24.9 Å². The lowest BCUT2D eigenvalue weighted by molar-refractivity contribution is 0.0592. The number of carbonyl (C=O) groups is 1. The minimum absolute atomic E-state index is 0.178. The molecule has 0 aliphatic carbocycles. The average Bonchev–Trinajstić information content (AvgIpc) is 3.23. The van der Waals surface area contributed by atoms with Crippen LogP contribution in [0.15, 0.2) is 59.4 Å². The fraction of sp³-hybridized carbons (Fsp3) is 0.280. The quantitative estimate of drug-likeness (QED) is 0.395. The molecule has 0 spiro atoms. The van der Waals surface area contributed by atoms with Crippen molar-refractivity contribution in [2.75, 3.05) is 20.2 Å². The van der Waals surface area contributed by atoms with E-state index in [1.54, 1.807) is 4.57 Å². The SMILES string of the molecule is COC(=O)c1c(OCc2ccccc2)cc(=O)n2c1CCN(Cc1ccc3nsnc3c1)CC2. The van der Waals surface area contributed by atoms with E-state index in [9.17, 15) is 9.59 Å². The molecule has 9 heteroatoms. The second-order valence-electron chi connectivity index (χ2n) is 8.20. The Hall–Kier alpha value is -3.56. The molecular formula is C25H24N4O4S. The van der Waals surface area contributed by atoms with E-state index in [4.69, 9.17) is 9.47 Å². The molecule has 1 aliphatic heterocycles. The molecule has 0 bridgehead atoms. The first-order valence-corrected chi connectivity index (χ1v) is 11.8. The highest BCUT2D eigenvalue weighted by Crippen LogP contribution is 2.25. The van der Waals surface area contributed by atoms with Crippen molar-refractivity contribution < 1.29 is 14.3 Å². The summed E-state index contributed by atoms with van der Waals surface area (Å²) in [6, 6.07) is 17.1. The number of benzene rings is 2. The molecule has 5 rings (SSSR count). The summed E-state index contributed by atoms with van der Waals surface area (Å²) in [5.74, 6) is -0.233. The average molecular weight is 477 g/mol. The standard InChI is InChI=1S/C25H24N4O4S/c1-32-25(31)24-21-9-10-28(15-18-7-8-19-20(13-18)27-34-26-19)11-12-29(21)23(30)14-22(24)33-16-17-5-3-2-4-6-17/h2-8,13-14H,9-12,15-16H2,1H3. The van der Waals surface area contributed by atoms with E-state index >= 15 is 0 Å². The molecule has 0 N–H and O–H groups in total. The number of hydrogen-bond donors (Lipinski definition) is 0. The lowest BCUT2D eigenvalue weighted by Gasteiger charge is -2.19. The van der Waals surface area contributed by atoms with Gasteiger partial charge in [0.15, 0.2) is 0 Å². The van der Waals surface area contributed by atoms with Crippen molar-refractivity contribution in [3.8, 4) is 5.75 Å². The lowest BCUT2D eigenvalue weighted by Crippen LogP contribution is -2.29. The third kappa shape index (κ3) is 4.57. The van der Waals surface area contributed by atoms with Gasteiger partial charge in [-0.15, -0.1) is 0 Å². The Bertz CT molecular complexity index is 1380. The smallest absolute Gasteiger partial charge is 0.343 e. The van der Waals surface area contributed by atoms with Crippen LogP contribution in [0.5, 0.6) is 5.75 Å².